The van der Waals surface area contributed by atoms with Crippen molar-refractivity contribution in [1.82, 2.24) is 4.90 Å². The molecule has 0 aromatic heterocycles. The largest absolute Gasteiger partial charge is 0.444 e. The van der Waals surface area contributed by atoms with Crippen LogP contribution in [0.15, 0.2) is 0 Å². The van der Waals surface area contributed by atoms with Crippen LogP contribution in [0.25, 0.3) is 0 Å². The molecule has 0 aromatic carbocycles. The van der Waals surface area contributed by atoms with Gasteiger partial charge in [0.25, 0.3) is 0 Å². The normalized spacial score (nSPS) is 21.8. The number of amides is 1. The Balaban J connectivity index is 2.43. The summed E-state index contributed by atoms with van der Waals surface area (Å²) in [5.74, 6) is 0.627. The van der Waals surface area contributed by atoms with Gasteiger partial charge in [-0.2, -0.15) is 0 Å². The first-order valence-electron chi connectivity index (χ1n) is 6.55. The van der Waals surface area contributed by atoms with Crippen LogP contribution in [0.5, 0.6) is 0 Å². The molecule has 0 saturated carbocycles. The highest BCUT2D eigenvalue weighted by molar-refractivity contribution is 5.68. The van der Waals surface area contributed by atoms with E-state index in [4.69, 9.17) is 4.74 Å². The zero-order valence-corrected chi connectivity index (χ0v) is 12.2. The maximum Gasteiger partial charge on any atom is 0.410 e. The predicted octanol–water partition coefficient (Wildman–Crippen LogP) is 3.68. The number of carbonyl (C=O) groups is 1. The van der Waals surface area contributed by atoms with Gasteiger partial charge in [0.1, 0.15) is 5.60 Å². The first-order chi connectivity index (χ1) is 7.57. The number of ether oxygens (including phenoxy) is 1. The zero-order chi connectivity index (χ0) is 13.3. The lowest BCUT2D eigenvalue weighted by molar-refractivity contribution is 0.0285. The van der Waals surface area contributed by atoms with Gasteiger partial charge in [-0.15, -0.1) is 0 Å². The van der Waals surface area contributed by atoms with E-state index in [1.54, 1.807) is 0 Å². The van der Waals surface area contributed by atoms with Gasteiger partial charge in [0.15, 0.2) is 0 Å². The maximum atomic E-state index is 11.9. The second-order valence-electron chi connectivity index (χ2n) is 7.35. The molecule has 0 N–H and O–H groups in total. The lowest BCUT2D eigenvalue weighted by Gasteiger charge is -2.25. The summed E-state index contributed by atoms with van der Waals surface area (Å²) in [4.78, 5) is 13.7. The molecule has 1 aliphatic heterocycles. The van der Waals surface area contributed by atoms with E-state index >= 15 is 0 Å². The van der Waals surface area contributed by atoms with Gasteiger partial charge in [0.05, 0.1) is 0 Å². The van der Waals surface area contributed by atoms with Crippen LogP contribution in [0.3, 0.4) is 0 Å². The predicted molar refractivity (Wildman–Crippen MR) is 70.0 cm³/mol. The van der Waals surface area contributed by atoms with Crippen LogP contribution in [-0.2, 0) is 4.74 Å². The lowest BCUT2D eigenvalue weighted by atomic mass is 9.84. The van der Waals surface area contributed by atoms with Crippen molar-refractivity contribution < 1.29 is 9.53 Å². The SMILES string of the molecule is CC(C)(C)CC1CCN(C(=O)OC(C)(C)C)C1. The van der Waals surface area contributed by atoms with E-state index in [0.29, 0.717) is 11.3 Å². The van der Waals surface area contributed by atoms with Crippen LogP contribution < -0.4 is 0 Å². The Morgan fingerprint density at radius 2 is 1.82 bits per heavy atom. The molecule has 1 saturated heterocycles. The minimum absolute atomic E-state index is 0.158. The molecule has 3 nitrogen and oxygen atoms in total. The van der Waals surface area contributed by atoms with Crippen molar-refractivity contribution in [2.24, 2.45) is 11.3 Å². The molecule has 1 amide bonds. The van der Waals surface area contributed by atoms with Gasteiger partial charge >= 0.3 is 6.09 Å². The van der Waals surface area contributed by atoms with Gasteiger partial charge < -0.3 is 9.64 Å². The Morgan fingerprint density at radius 3 is 2.29 bits per heavy atom. The maximum absolute atomic E-state index is 11.9. The summed E-state index contributed by atoms with van der Waals surface area (Å²) in [6, 6.07) is 0. The van der Waals surface area contributed by atoms with E-state index in [2.05, 4.69) is 20.8 Å². The minimum Gasteiger partial charge on any atom is -0.444 e. The first-order valence-corrected chi connectivity index (χ1v) is 6.55. The van der Waals surface area contributed by atoms with Crippen molar-refractivity contribution in [3.05, 3.63) is 0 Å². The summed E-state index contributed by atoms with van der Waals surface area (Å²) in [6.45, 7) is 14.2. The molecule has 0 bridgehead atoms. The molecule has 1 atom stereocenters. The molecule has 1 heterocycles. The number of hydrogen-bond donors (Lipinski definition) is 0. The Labute approximate surface area is 106 Å². The Kier molecular flexibility index (Phi) is 4.11. The van der Waals surface area contributed by atoms with Crippen molar-refractivity contribution in [3.8, 4) is 0 Å². The first kappa shape index (κ1) is 14.3. The fourth-order valence-corrected chi connectivity index (χ4v) is 2.36. The van der Waals surface area contributed by atoms with Crippen molar-refractivity contribution in [2.75, 3.05) is 13.1 Å². The summed E-state index contributed by atoms with van der Waals surface area (Å²) in [5, 5.41) is 0. The van der Waals surface area contributed by atoms with Crippen LogP contribution in [0.1, 0.15) is 54.4 Å². The molecule has 0 aliphatic carbocycles. The standard InChI is InChI=1S/C14H27NO2/c1-13(2,3)9-11-7-8-15(10-11)12(16)17-14(4,5)6/h11H,7-10H2,1-6H3. The summed E-state index contributed by atoms with van der Waals surface area (Å²) < 4.78 is 5.39. The Bertz CT molecular complexity index is 273. The molecule has 1 aliphatic rings. The molecule has 1 fully saturated rings. The highest BCUT2D eigenvalue weighted by Gasteiger charge is 2.31. The summed E-state index contributed by atoms with van der Waals surface area (Å²) in [5.41, 5.74) is -0.0478. The Hall–Kier alpha value is -0.730. The van der Waals surface area contributed by atoms with Gasteiger partial charge in [-0.25, -0.2) is 4.79 Å². The van der Waals surface area contributed by atoms with Gasteiger partial charge in [0, 0.05) is 13.1 Å². The molecule has 0 radical (unpaired) electrons. The molecular formula is C14H27NO2. The van der Waals surface area contributed by atoms with E-state index in [-0.39, 0.29) is 11.7 Å². The fourth-order valence-electron chi connectivity index (χ4n) is 2.36. The molecule has 0 aromatic rings. The van der Waals surface area contributed by atoms with E-state index in [0.717, 1.165) is 19.5 Å². The van der Waals surface area contributed by atoms with Crippen molar-refractivity contribution >= 4 is 6.09 Å². The minimum atomic E-state index is -0.390. The van der Waals surface area contributed by atoms with Crippen LogP contribution >= 0.6 is 0 Å². The summed E-state index contributed by atoms with van der Waals surface area (Å²) in [6.07, 6.45) is 2.12. The van der Waals surface area contributed by atoms with Crippen molar-refractivity contribution in [1.29, 1.82) is 0 Å². The number of likely N-dealkylation sites (tertiary alicyclic amines) is 1. The van der Waals surface area contributed by atoms with E-state index < -0.39 is 0 Å². The van der Waals surface area contributed by atoms with Crippen molar-refractivity contribution in [2.45, 2.75) is 60.0 Å². The third-order valence-electron chi connectivity index (χ3n) is 2.84. The second-order valence-corrected chi connectivity index (χ2v) is 7.35. The van der Waals surface area contributed by atoms with Gasteiger partial charge in [-0.05, 0) is 44.9 Å². The molecular weight excluding hydrogens is 214 g/mol. The van der Waals surface area contributed by atoms with Gasteiger partial charge in [-0.3, -0.25) is 0 Å². The highest BCUT2D eigenvalue weighted by atomic mass is 16.6. The number of hydrogen-bond acceptors (Lipinski definition) is 2. The van der Waals surface area contributed by atoms with Crippen molar-refractivity contribution in [3.63, 3.8) is 0 Å². The van der Waals surface area contributed by atoms with Gasteiger partial charge in [0.2, 0.25) is 0 Å². The van der Waals surface area contributed by atoms with Gasteiger partial charge in [-0.1, -0.05) is 20.8 Å². The third-order valence-corrected chi connectivity index (χ3v) is 2.84. The van der Waals surface area contributed by atoms with E-state index in [1.807, 2.05) is 25.7 Å². The third kappa shape index (κ3) is 5.42. The number of nitrogens with zero attached hydrogens (tertiary/aromatic N) is 1. The smallest absolute Gasteiger partial charge is 0.410 e. The number of carbonyl (C=O) groups excluding carboxylic acids is 1. The summed E-state index contributed by atoms with van der Waals surface area (Å²) >= 11 is 0. The quantitative estimate of drug-likeness (QED) is 0.701. The summed E-state index contributed by atoms with van der Waals surface area (Å²) in [7, 11) is 0. The fraction of sp³-hybridized carbons (Fsp3) is 0.929. The number of rotatable bonds is 1. The van der Waals surface area contributed by atoms with E-state index in [9.17, 15) is 4.79 Å². The van der Waals surface area contributed by atoms with Crippen LogP contribution in [0.2, 0.25) is 0 Å². The molecule has 17 heavy (non-hydrogen) atoms. The van der Waals surface area contributed by atoms with Crippen LogP contribution in [0.4, 0.5) is 4.79 Å². The molecule has 1 rings (SSSR count). The Morgan fingerprint density at radius 1 is 1.24 bits per heavy atom. The zero-order valence-electron chi connectivity index (χ0n) is 12.2. The topological polar surface area (TPSA) is 29.5 Å². The van der Waals surface area contributed by atoms with Crippen LogP contribution in [0, 0.1) is 11.3 Å². The highest BCUT2D eigenvalue weighted by Crippen LogP contribution is 2.30. The monoisotopic (exact) mass is 241 g/mol. The molecule has 3 heteroatoms. The van der Waals surface area contributed by atoms with Crippen LogP contribution in [-0.4, -0.2) is 29.7 Å². The molecule has 1 unspecified atom stereocenters. The second kappa shape index (κ2) is 4.87. The average Bonchev–Trinajstić information content (AvgIpc) is 2.45. The molecule has 100 valence electrons. The van der Waals surface area contributed by atoms with E-state index in [1.165, 1.54) is 6.42 Å². The molecule has 0 spiro atoms. The lowest BCUT2D eigenvalue weighted by Crippen LogP contribution is -2.35. The average molecular weight is 241 g/mol.